The Bertz CT molecular complexity index is 1160. The molecule has 10 heteroatoms. The van der Waals surface area contributed by atoms with Gasteiger partial charge in [0, 0.05) is 37.8 Å². The average molecular weight is 463 g/mol. The van der Waals surface area contributed by atoms with E-state index in [9.17, 15) is 19.2 Å². The molecule has 2 atom stereocenters. The van der Waals surface area contributed by atoms with Crippen LogP contribution in [0.2, 0.25) is 0 Å². The number of hydrogen-bond acceptors (Lipinski definition) is 8. The maximum absolute atomic E-state index is 13.2. The van der Waals surface area contributed by atoms with Crippen molar-refractivity contribution in [1.29, 1.82) is 0 Å². The molecule has 5 rings (SSSR count). The summed E-state index contributed by atoms with van der Waals surface area (Å²) in [4.78, 5) is 55.1. The van der Waals surface area contributed by atoms with Crippen LogP contribution in [0, 0.1) is 0 Å². The summed E-state index contributed by atoms with van der Waals surface area (Å²) in [5.41, 5.74) is 2.19. The summed E-state index contributed by atoms with van der Waals surface area (Å²) in [6, 6.07) is 6.02. The van der Waals surface area contributed by atoms with Gasteiger partial charge in [-0.15, -0.1) is 0 Å². The predicted molar refractivity (Wildman–Crippen MR) is 120 cm³/mol. The van der Waals surface area contributed by atoms with Gasteiger partial charge in [0.2, 0.25) is 11.8 Å². The number of carbonyl (C=O) groups is 4. The fourth-order valence-corrected chi connectivity index (χ4v) is 4.63. The SMILES string of the molecule is O=C1CCC(N2C(=O)c3cccc(CNCc4ccncc4O[C@H]4CCNC4)c3C2=O)C(=O)N1. The first-order valence-electron chi connectivity index (χ1n) is 11.4. The van der Waals surface area contributed by atoms with Gasteiger partial charge >= 0.3 is 0 Å². The van der Waals surface area contributed by atoms with Crippen molar-refractivity contribution in [2.45, 2.75) is 44.5 Å². The lowest BCUT2D eigenvalue weighted by atomic mass is 10.0. The molecule has 2 saturated heterocycles. The van der Waals surface area contributed by atoms with E-state index in [0.717, 1.165) is 35.7 Å². The van der Waals surface area contributed by atoms with E-state index >= 15 is 0 Å². The molecule has 1 unspecified atom stereocenters. The zero-order chi connectivity index (χ0) is 23.7. The molecule has 3 aliphatic heterocycles. The highest BCUT2D eigenvalue weighted by Gasteiger charge is 2.45. The average Bonchev–Trinajstić information content (AvgIpc) is 3.42. The van der Waals surface area contributed by atoms with Crippen molar-refractivity contribution >= 4 is 23.6 Å². The number of pyridine rings is 1. The minimum absolute atomic E-state index is 0.0888. The first-order chi connectivity index (χ1) is 16.5. The number of carbonyl (C=O) groups excluding carboxylic acids is 4. The molecular formula is C24H25N5O5. The number of rotatable bonds is 7. The van der Waals surface area contributed by atoms with Gasteiger partial charge in [-0.1, -0.05) is 12.1 Å². The molecule has 0 bridgehead atoms. The molecule has 0 aliphatic carbocycles. The third-order valence-corrected chi connectivity index (χ3v) is 6.36. The monoisotopic (exact) mass is 463 g/mol. The fourth-order valence-electron chi connectivity index (χ4n) is 4.63. The van der Waals surface area contributed by atoms with Crippen LogP contribution in [0.15, 0.2) is 36.7 Å². The van der Waals surface area contributed by atoms with Crippen molar-refractivity contribution in [1.82, 2.24) is 25.8 Å². The standard InChI is InChI=1S/C24H25N5O5/c30-20-5-4-18(22(31)28-20)29-23(32)17-3-1-2-15(21(17)24(29)33)11-27-10-14-6-8-26-13-19(14)34-16-7-9-25-12-16/h1-3,6,8,13,16,18,25,27H,4-5,7,9-12H2,(H,28,30,31)/t16-,18?/m0/s1. The summed E-state index contributed by atoms with van der Waals surface area (Å²) in [5.74, 6) is -1.31. The number of hydrogen-bond donors (Lipinski definition) is 3. The predicted octanol–water partition coefficient (Wildman–Crippen LogP) is 0.513. The van der Waals surface area contributed by atoms with Crippen molar-refractivity contribution in [3.63, 3.8) is 0 Å². The van der Waals surface area contributed by atoms with Gasteiger partial charge in [-0.3, -0.25) is 34.4 Å². The van der Waals surface area contributed by atoms with Crippen LogP contribution < -0.4 is 20.7 Å². The third kappa shape index (κ3) is 4.17. The quantitative estimate of drug-likeness (QED) is 0.507. The Morgan fingerprint density at radius 3 is 2.71 bits per heavy atom. The Morgan fingerprint density at radius 2 is 1.91 bits per heavy atom. The Balaban J connectivity index is 1.29. The molecule has 3 N–H and O–H groups in total. The maximum atomic E-state index is 13.2. The number of benzene rings is 1. The van der Waals surface area contributed by atoms with E-state index < -0.39 is 29.7 Å². The number of imide groups is 2. The second kappa shape index (κ2) is 9.32. The summed E-state index contributed by atoms with van der Waals surface area (Å²) in [6.45, 7) is 2.57. The van der Waals surface area contributed by atoms with Gasteiger partial charge in [0.05, 0.1) is 17.3 Å². The van der Waals surface area contributed by atoms with Crippen LogP contribution in [-0.4, -0.2) is 58.7 Å². The lowest BCUT2D eigenvalue weighted by Gasteiger charge is -2.27. The first-order valence-corrected chi connectivity index (χ1v) is 11.4. The summed E-state index contributed by atoms with van der Waals surface area (Å²) < 4.78 is 6.08. The number of amides is 4. The van der Waals surface area contributed by atoms with Gasteiger partial charge in [0.25, 0.3) is 11.8 Å². The maximum Gasteiger partial charge on any atom is 0.262 e. The van der Waals surface area contributed by atoms with Crippen LogP contribution in [0.1, 0.15) is 51.1 Å². The van der Waals surface area contributed by atoms with Crippen LogP contribution >= 0.6 is 0 Å². The van der Waals surface area contributed by atoms with Crippen molar-refractivity contribution in [2.75, 3.05) is 13.1 Å². The Morgan fingerprint density at radius 1 is 1.06 bits per heavy atom. The molecule has 10 nitrogen and oxygen atoms in total. The second-order valence-corrected chi connectivity index (χ2v) is 8.61. The lowest BCUT2D eigenvalue weighted by Crippen LogP contribution is -2.54. The van der Waals surface area contributed by atoms with E-state index in [0.29, 0.717) is 24.2 Å². The second-order valence-electron chi connectivity index (χ2n) is 8.61. The minimum Gasteiger partial charge on any atom is -0.487 e. The zero-order valence-electron chi connectivity index (χ0n) is 18.5. The highest BCUT2D eigenvalue weighted by molar-refractivity contribution is 6.24. The molecule has 2 aromatic rings. The molecule has 3 aliphatic rings. The van der Waals surface area contributed by atoms with E-state index in [2.05, 4.69) is 20.9 Å². The van der Waals surface area contributed by atoms with Gasteiger partial charge in [-0.2, -0.15) is 0 Å². The third-order valence-electron chi connectivity index (χ3n) is 6.36. The van der Waals surface area contributed by atoms with Gasteiger partial charge < -0.3 is 15.4 Å². The van der Waals surface area contributed by atoms with Crippen LogP contribution in [0.25, 0.3) is 0 Å². The van der Waals surface area contributed by atoms with E-state index in [-0.39, 0.29) is 24.5 Å². The van der Waals surface area contributed by atoms with Crippen LogP contribution in [0.5, 0.6) is 5.75 Å². The molecule has 0 saturated carbocycles. The van der Waals surface area contributed by atoms with E-state index in [1.165, 1.54) is 0 Å². The Kier molecular flexibility index (Phi) is 6.08. The van der Waals surface area contributed by atoms with Crippen molar-refractivity contribution < 1.29 is 23.9 Å². The summed E-state index contributed by atoms with van der Waals surface area (Å²) in [5, 5.41) is 8.82. The number of nitrogens with one attached hydrogen (secondary N) is 3. The van der Waals surface area contributed by atoms with Gasteiger partial charge in [-0.25, -0.2) is 0 Å². The number of nitrogens with zero attached hydrogens (tertiary/aromatic N) is 2. The fraction of sp³-hybridized carbons (Fsp3) is 0.375. The molecule has 1 aromatic heterocycles. The normalized spacial score (nSPS) is 22.2. The molecular weight excluding hydrogens is 438 g/mol. The van der Waals surface area contributed by atoms with E-state index in [1.54, 1.807) is 30.6 Å². The van der Waals surface area contributed by atoms with Gasteiger partial charge in [-0.05, 0) is 37.1 Å². The molecule has 34 heavy (non-hydrogen) atoms. The number of piperidine rings is 1. The van der Waals surface area contributed by atoms with Crippen molar-refractivity contribution in [3.8, 4) is 5.75 Å². The highest BCUT2D eigenvalue weighted by Crippen LogP contribution is 2.30. The van der Waals surface area contributed by atoms with E-state index in [1.807, 2.05) is 6.07 Å². The zero-order valence-corrected chi connectivity index (χ0v) is 18.5. The summed E-state index contributed by atoms with van der Waals surface area (Å²) in [7, 11) is 0. The molecule has 0 radical (unpaired) electrons. The molecule has 176 valence electrons. The summed E-state index contributed by atoms with van der Waals surface area (Å²) in [6.07, 6.45) is 4.68. The Labute approximate surface area is 196 Å². The van der Waals surface area contributed by atoms with Crippen molar-refractivity contribution in [3.05, 3.63) is 58.9 Å². The largest absolute Gasteiger partial charge is 0.487 e. The number of ether oxygens (including phenoxy) is 1. The van der Waals surface area contributed by atoms with Crippen LogP contribution in [0.4, 0.5) is 0 Å². The minimum atomic E-state index is -0.979. The molecule has 0 spiro atoms. The van der Waals surface area contributed by atoms with Crippen molar-refractivity contribution in [2.24, 2.45) is 0 Å². The molecule has 2 fully saturated rings. The first kappa shape index (κ1) is 22.2. The van der Waals surface area contributed by atoms with E-state index in [4.69, 9.17) is 4.74 Å². The highest BCUT2D eigenvalue weighted by atomic mass is 16.5. The molecule has 1 aromatic carbocycles. The van der Waals surface area contributed by atoms with Gasteiger partial charge in [0.15, 0.2) is 0 Å². The molecule has 4 amide bonds. The van der Waals surface area contributed by atoms with Crippen LogP contribution in [0.3, 0.4) is 0 Å². The van der Waals surface area contributed by atoms with Gasteiger partial charge in [0.1, 0.15) is 17.9 Å². The number of fused-ring (bicyclic) bond motifs is 1. The smallest absolute Gasteiger partial charge is 0.262 e. The summed E-state index contributed by atoms with van der Waals surface area (Å²) >= 11 is 0. The topological polar surface area (TPSA) is 130 Å². The Hall–Kier alpha value is -3.63. The van der Waals surface area contributed by atoms with Crippen LogP contribution in [-0.2, 0) is 22.7 Å². The lowest BCUT2D eigenvalue weighted by molar-refractivity contribution is -0.136. The molecule has 4 heterocycles. The number of aromatic nitrogens is 1.